The highest BCUT2D eigenvalue weighted by atomic mass is 32.2. The zero-order chi connectivity index (χ0) is 22.8. The average Bonchev–Trinajstić information content (AvgIpc) is 3.25. The normalized spacial score (nSPS) is 15.6. The summed E-state index contributed by atoms with van der Waals surface area (Å²) in [6, 6.07) is 18.0. The van der Waals surface area contributed by atoms with E-state index in [1.54, 1.807) is 55.5 Å². The first-order valence-electron chi connectivity index (χ1n) is 9.68. The van der Waals surface area contributed by atoms with Gasteiger partial charge in [0.05, 0.1) is 15.7 Å². The summed E-state index contributed by atoms with van der Waals surface area (Å²) in [6.45, 7) is 1.64. The molecule has 0 saturated carbocycles. The van der Waals surface area contributed by atoms with Gasteiger partial charge in [0.15, 0.2) is 0 Å². The van der Waals surface area contributed by atoms with Crippen molar-refractivity contribution in [2.24, 2.45) is 0 Å². The van der Waals surface area contributed by atoms with Gasteiger partial charge in [0.25, 0.3) is 5.91 Å². The van der Waals surface area contributed by atoms with Crippen LogP contribution in [0.1, 0.15) is 27.2 Å². The molecule has 1 aromatic heterocycles. The highest BCUT2D eigenvalue weighted by molar-refractivity contribution is 8.00. The lowest BCUT2D eigenvalue weighted by Gasteiger charge is -2.13. The van der Waals surface area contributed by atoms with Crippen LogP contribution in [0.25, 0.3) is 0 Å². The van der Waals surface area contributed by atoms with Crippen LogP contribution in [0, 0.1) is 18.3 Å². The summed E-state index contributed by atoms with van der Waals surface area (Å²) in [5, 5.41) is 12.1. The molecule has 0 spiro atoms. The minimum atomic E-state index is -0.610. The Morgan fingerprint density at radius 1 is 1.19 bits per heavy atom. The molecule has 2 heterocycles. The van der Waals surface area contributed by atoms with Gasteiger partial charge in [-0.2, -0.15) is 5.26 Å². The van der Waals surface area contributed by atoms with Gasteiger partial charge in [0, 0.05) is 22.7 Å². The Morgan fingerprint density at radius 2 is 1.88 bits per heavy atom. The van der Waals surface area contributed by atoms with E-state index in [0.29, 0.717) is 16.9 Å². The van der Waals surface area contributed by atoms with Gasteiger partial charge in [-0.15, -0.1) is 23.1 Å². The molecule has 1 unspecified atom stereocenters. The number of benzene rings is 2. The molecule has 0 aliphatic carbocycles. The first-order valence-corrected chi connectivity index (χ1v) is 11.4. The Hall–Kier alpha value is -3.61. The molecule has 3 aromatic rings. The molecule has 0 radical (unpaired) electrons. The minimum absolute atomic E-state index is 0.0151. The maximum atomic E-state index is 13.1. The fourth-order valence-electron chi connectivity index (χ4n) is 3.33. The van der Waals surface area contributed by atoms with Crippen molar-refractivity contribution in [3.63, 3.8) is 0 Å². The lowest BCUT2D eigenvalue weighted by atomic mass is 10.1. The number of anilines is 3. The van der Waals surface area contributed by atoms with Gasteiger partial charge in [-0.3, -0.25) is 14.4 Å². The van der Waals surface area contributed by atoms with Crippen LogP contribution in [-0.2, 0) is 9.59 Å². The van der Waals surface area contributed by atoms with Gasteiger partial charge in [0.1, 0.15) is 11.1 Å². The SMILES string of the molecule is Cc1c(C(=O)Nc2ccccc2)sc(N2C(=O)CC(Sc3ccc(N)cc3)C2=O)c1C#N. The summed E-state index contributed by atoms with van der Waals surface area (Å²) in [4.78, 5) is 40.8. The number of imide groups is 1. The molecule has 2 aromatic carbocycles. The molecular formula is C23H18N4O3S2. The van der Waals surface area contributed by atoms with E-state index >= 15 is 0 Å². The number of hydrogen-bond acceptors (Lipinski definition) is 7. The van der Waals surface area contributed by atoms with Gasteiger partial charge in [0.2, 0.25) is 11.8 Å². The Kier molecular flexibility index (Phi) is 5.99. The molecule has 1 aliphatic rings. The summed E-state index contributed by atoms with van der Waals surface area (Å²) in [5.41, 5.74) is 7.52. The number of rotatable bonds is 5. The van der Waals surface area contributed by atoms with Gasteiger partial charge in [-0.05, 0) is 48.9 Å². The topological polar surface area (TPSA) is 116 Å². The van der Waals surface area contributed by atoms with Crippen LogP contribution < -0.4 is 16.0 Å². The lowest BCUT2D eigenvalue weighted by Crippen LogP contribution is -2.31. The number of para-hydroxylation sites is 1. The quantitative estimate of drug-likeness (QED) is 0.434. The number of carbonyl (C=O) groups excluding carboxylic acids is 3. The molecule has 7 nitrogen and oxygen atoms in total. The van der Waals surface area contributed by atoms with Crippen LogP contribution in [0.5, 0.6) is 0 Å². The molecule has 1 fully saturated rings. The molecule has 1 aliphatic heterocycles. The molecule has 3 amide bonds. The van der Waals surface area contributed by atoms with Crippen molar-refractivity contribution in [2.45, 2.75) is 23.5 Å². The van der Waals surface area contributed by atoms with Crippen LogP contribution in [0.4, 0.5) is 16.4 Å². The van der Waals surface area contributed by atoms with E-state index < -0.39 is 23.0 Å². The number of thioether (sulfide) groups is 1. The number of nitrogens with zero attached hydrogens (tertiary/aromatic N) is 2. The highest BCUT2D eigenvalue weighted by Gasteiger charge is 2.42. The van der Waals surface area contributed by atoms with Crippen LogP contribution >= 0.6 is 23.1 Å². The molecule has 4 rings (SSSR count). The Morgan fingerprint density at radius 3 is 2.53 bits per heavy atom. The van der Waals surface area contributed by atoms with Crippen molar-refractivity contribution in [3.8, 4) is 6.07 Å². The van der Waals surface area contributed by atoms with Crippen molar-refractivity contribution in [1.29, 1.82) is 5.26 Å². The summed E-state index contributed by atoms with van der Waals surface area (Å²) in [5.74, 6) is -1.19. The van der Waals surface area contributed by atoms with E-state index in [4.69, 9.17) is 5.73 Å². The van der Waals surface area contributed by atoms with Crippen LogP contribution in [0.15, 0.2) is 59.5 Å². The zero-order valence-electron chi connectivity index (χ0n) is 17.0. The Labute approximate surface area is 192 Å². The molecule has 0 bridgehead atoms. The van der Waals surface area contributed by atoms with Crippen molar-refractivity contribution >= 4 is 57.2 Å². The molecule has 9 heteroatoms. The standard InChI is InChI=1S/C23H18N4O3S2/c1-13-17(12-24)23(32-20(13)21(29)26-15-5-3-2-4-6-15)27-19(28)11-18(22(27)30)31-16-9-7-14(25)8-10-16/h2-10,18H,11,25H2,1H3,(H,26,29). The second kappa shape index (κ2) is 8.86. The molecule has 3 N–H and O–H groups in total. The fraction of sp³-hybridized carbons (Fsp3) is 0.130. The third-order valence-electron chi connectivity index (χ3n) is 4.94. The van der Waals surface area contributed by atoms with Gasteiger partial charge >= 0.3 is 0 Å². The van der Waals surface area contributed by atoms with Crippen LogP contribution in [-0.4, -0.2) is 23.0 Å². The van der Waals surface area contributed by atoms with Gasteiger partial charge < -0.3 is 11.1 Å². The number of nitrogen functional groups attached to an aromatic ring is 1. The lowest BCUT2D eigenvalue weighted by molar-refractivity contribution is -0.121. The molecule has 1 atom stereocenters. The predicted molar refractivity (Wildman–Crippen MR) is 126 cm³/mol. The highest BCUT2D eigenvalue weighted by Crippen LogP contribution is 2.41. The fourth-order valence-corrected chi connectivity index (χ4v) is 5.56. The number of nitrogens with two attached hydrogens (primary N) is 1. The van der Waals surface area contributed by atoms with Crippen molar-refractivity contribution < 1.29 is 14.4 Å². The summed E-state index contributed by atoms with van der Waals surface area (Å²) in [7, 11) is 0. The van der Waals surface area contributed by atoms with E-state index in [-0.39, 0.29) is 21.9 Å². The summed E-state index contributed by atoms with van der Waals surface area (Å²) < 4.78 is 0. The Balaban J connectivity index is 1.61. The Bertz CT molecular complexity index is 1250. The predicted octanol–water partition coefficient (Wildman–Crippen LogP) is 4.19. The number of thiophene rings is 1. The van der Waals surface area contributed by atoms with Crippen molar-refractivity contribution in [1.82, 2.24) is 0 Å². The van der Waals surface area contributed by atoms with E-state index in [0.717, 1.165) is 21.1 Å². The third kappa shape index (κ3) is 4.10. The minimum Gasteiger partial charge on any atom is -0.399 e. The third-order valence-corrected chi connectivity index (χ3v) is 7.42. The maximum Gasteiger partial charge on any atom is 0.266 e. The van der Waals surface area contributed by atoms with Crippen molar-refractivity contribution in [3.05, 3.63) is 70.6 Å². The van der Waals surface area contributed by atoms with Gasteiger partial charge in [-0.1, -0.05) is 18.2 Å². The zero-order valence-corrected chi connectivity index (χ0v) is 18.6. The number of nitrogens with one attached hydrogen (secondary N) is 1. The maximum absolute atomic E-state index is 13.1. The number of hydrogen-bond donors (Lipinski definition) is 2. The van der Waals surface area contributed by atoms with Crippen LogP contribution in [0.2, 0.25) is 0 Å². The van der Waals surface area contributed by atoms with E-state index in [2.05, 4.69) is 11.4 Å². The molecule has 160 valence electrons. The average molecular weight is 463 g/mol. The monoisotopic (exact) mass is 462 g/mol. The van der Waals surface area contributed by atoms with E-state index in [1.807, 2.05) is 6.07 Å². The first kappa shape index (κ1) is 21.6. The molecular weight excluding hydrogens is 444 g/mol. The number of amides is 3. The molecule has 32 heavy (non-hydrogen) atoms. The first-order chi connectivity index (χ1) is 15.4. The second-order valence-electron chi connectivity index (χ2n) is 7.12. The number of carbonyl (C=O) groups is 3. The van der Waals surface area contributed by atoms with Crippen LogP contribution in [0.3, 0.4) is 0 Å². The van der Waals surface area contributed by atoms with E-state index in [1.165, 1.54) is 11.8 Å². The summed E-state index contributed by atoms with van der Waals surface area (Å²) in [6.07, 6.45) is 0.0151. The number of nitriles is 1. The summed E-state index contributed by atoms with van der Waals surface area (Å²) >= 11 is 2.25. The van der Waals surface area contributed by atoms with E-state index in [9.17, 15) is 19.6 Å². The largest absolute Gasteiger partial charge is 0.399 e. The second-order valence-corrected chi connectivity index (χ2v) is 9.39. The van der Waals surface area contributed by atoms with Gasteiger partial charge in [-0.25, -0.2) is 4.90 Å². The van der Waals surface area contributed by atoms with Crippen molar-refractivity contribution in [2.75, 3.05) is 16.0 Å². The molecule has 1 saturated heterocycles. The smallest absolute Gasteiger partial charge is 0.266 e.